The van der Waals surface area contributed by atoms with Gasteiger partial charge in [-0.2, -0.15) is 4.98 Å². The van der Waals surface area contributed by atoms with Crippen LogP contribution in [0.2, 0.25) is 0 Å². The normalized spacial score (nSPS) is 15.4. The molecular formula is C76H94N20O23S2. The summed E-state index contributed by atoms with van der Waals surface area (Å²) in [7, 11) is 4.66. The summed E-state index contributed by atoms with van der Waals surface area (Å²) in [6.45, 7) is 10.3. The molecule has 20 N–H and O–H groups in total. The van der Waals surface area contributed by atoms with Gasteiger partial charge in [0, 0.05) is 79.4 Å². The lowest BCUT2D eigenvalue weighted by Gasteiger charge is -2.26. The maximum atomic E-state index is 14.2. The monoisotopic (exact) mass is 1720 g/mol. The number of ether oxygens (including phenoxy) is 5. The van der Waals surface area contributed by atoms with E-state index in [4.69, 9.17) is 46.0 Å². The number of aliphatic carboxylic acids is 4. The lowest BCUT2D eigenvalue weighted by Crippen LogP contribution is -2.59. The smallest absolute Gasteiger partial charge is 0.411 e. The number of amides is 9. The van der Waals surface area contributed by atoms with Crippen molar-refractivity contribution >= 4 is 151 Å². The summed E-state index contributed by atoms with van der Waals surface area (Å²) < 4.78 is 28.9. The van der Waals surface area contributed by atoms with E-state index in [0.717, 1.165) is 33.4 Å². The third-order valence-corrected chi connectivity index (χ3v) is 20.9. The molecule has 3 aliphatic rings. The number of nitrogen functional groups attached to an aromatic ring is 1. The number of benzene rings is 3. The summed E-state index contributed by atoms with van der Waals surface area (Å²) in [4.78, 5) is 207. The lowest BCUT2D eigenvalue weighted by molar-refractivity contribution is -0.144. The Morgan fingerprint density at radius 3 is 1.93 bits per heavy atom. The van der Waals surface area contributed by atoms with Gasteiger partial charge in [0.05, 0.1) is 99.7 Å². The molecule has 121 heavy (non-hydrogen) atoms. The Kier molecular flexibility index (Phi) is 34.4. The number of carbonyl (C=O) groups excluding carboxylic acids is 9. The molecule has 0 unspecified atom stereocenters. The van der Waals surface area contributed by atoms with Gasteiger partial charge >= 0.3 is 30.0 Å². The number of carboxylic acid groups (broad SMARTS) is 4. The highest BCUT2D eigenvalue weighted by Crippen LogP contribution is 2.40. The molecule has 2 saturated heterocycles. The number of hydrogen-bond acceptors (Lipinski definition) is 29. The van der Waals surface area contributed by atoms with Crippen LogP contribution in [0.15, 0.2) is 88.8 Å². The second-order valence-corrected chi connectivity index (χ2v) is 30.5. The number of nitrogens with one attached hydrogen (secondary N) is 12. The Bertz CT molecular complexity index is 4860. The van der Waals surface area contributed by atoms with E-state index in [1.54, 1.807) is 42.3 Å². The van der Waals surface area contributed by atoms with Crippen molar-refractivity contribution in [1.82, 2.24) is 67.0 Å². The predicted octanol–water partition coefficient (Wildman–Crippen LogP) is 2.18. The summed E-state index contributed by atoms with van der Waals surface area (Å²) in [6, 6.07) is 1.03. The number of aromatic amines is 1. The van der Waals surface area contributed by atoms with Gasteiger partial charge in [0.25, 0.3) is 23.3 Å². The van der Waals surface area contributed by atoms with Crippen molar-refractivity contribution in [3.8, 4) is 23.0 Å². The number of nitrogens with zero attached hydrogens (tertiary/aromatic N) is 6. The van der Waals surface area contributed by atoms with Gasteiger partial charge in [-0.3, -0.25) is 78.2 Å². The van der Waals surface area contributed by atoms with E-state index in [9.17, 15) is 87.5 Å². The number of carbonyl (C=O) groups is 13. The highest BCUT2D eigenvalue weighted by Gasteiger charge is 2.38. The molecule has 0 aliphatic carbocycles. The molecule has 2 fully saturated rings. The maximum absolute atomic E-state index is 14.2. The molecule has 0 spiro atoms. The quantitative estimate of drug-likeness (QED) is 0.00872. The van der Waals surface area contributed by atoms with Gasteiger partial charge in [0.1, 0.15) is 36.8 Å². The van der Waals surface area contributed by atoms with E-state index in [1.165, 1.54) is 49.6 Å². The van der Waals surface area contributed by atoms with Gasteiger partial charge in [-0.25, -0.2) is 19.6 Å². The Morgan fingerprint density at radius 1 is 0.711 bits per heavy atom. The number of anilines is 3. The number of unbranched alkanes of at least 4 members (excludes halogenated alkanes) is 2. The van der Waals surface area contributed by atoms with E-state index in [-0.39, 0.29) is 122 Å². The van der Waals surface area contributed by atoms with Crippen LogP contribution in [-0.2, 0) is 54.4 Å². The minimum absolute atomic E-state index is 0.0112. The molecule has 9 amide bonds. The molecule has 8 atom stereocenters. The number of nitrogens with two attached hydrogens (primary N) is 2. The Morgan fingerprint density at radius 2 is 1.31 bits per heavy atom. The fraction of sp³-hybridized carbons (Fsp3) is 0.421. The first-order valence-electron chi connectivity index (χ1n) is 37.7. The van der Waals surface area contributed by atoms with Crippen LogP contribution in [0.25, 0.3) is 11.2 Å². The number of H-pyrrole nitrogens is 1. The first kappa shape index (κ1) is 92.9. The van der Waals surface area contributed by atoms with Gasteiger partial charge in [0.2, 0.25) is 35.5 Å². The molecule has 5 heterocycles. The van der Waals surface area contributed by atoms with Crippen LogP contribution in [0.3, 0.4) is 0 Å². The van der Waals surface area contributed by atoms with Crippen LogP contribution in [0.5, 0.6) is 23.0 Å². The summed E-state index contributed by atoms with van der Waals surface area (Å²) >= 11 is 0. The Labute approximate surface area is 698 Å². The standard InChI is InChI=1S/C76H94N20O23S2/c1-38-22-44(31-77)95(35-38)72(111)47-25-56(116-5)58(118-19-8-6-7-18-117-57-26-49-46(24-55(57)115-4)71(110)96-36-39(2)23-45(96)34-83-49)27-50(47)92-76(114)119-20-21-120-121-37-54(73(112)113)91-69(108)53(30-62(102)103)90-68(107)52(29-61(100)101)89-66(105)48(10-9-17-81-74(78)79)88-67(106)51(28-60(98)99)87-59(97)16-11-40(3)85-65(104)41-12-14-42(15-13-41)82-32-43-33-84-64-63(86-43)70(109)94-75(80)93-64/h12-15,24-27,31,33-34,40,44-45,48,51-54,77,82H,1-2,6-11,16-23,28-30,32,35-37H2,3-5H3,(H,85,104)(H,87,97)(H,88,106)(H,89,105)(H,90,107)(H,91,108)(H,92,114)(H,98,99)(H,100,101)(H,102,103)(H,112,113)(H4,78,79,81)(H3,80,84,93,94,109)/t40-,44+,45+,48+,51+,52+,53+,54+/m1/s1. The van der Waals surface area contributed by atoms with Gasteiger partial charge in [-0.05, 0) is 94.7 Å². The largest absolute Gasteiger partial charge is 0.493 e. The second-order valence-electron chi connectivity index (χ2n) is 27.9. The van der Waals surface area contributed by atoms with Crippen LogP contribution < -0.4 is 83.8 Å². The fourth-order valence-corrected chi connectivity index (χ4v) is 14.5. The van der Waals surface area contributed by atoms with Gasteiger partial charge < -0.3 is 113 Å². The van der Waals surface area contributed by atoms with Crippen molar-refractivity contribution in [2.45, 2.75) is 139 Å². The predicted molar refractivity (Wildman–Crippen MR) is 440 cm³/mol. The maximum Gasteiger partial charge on any atom is 0.411 e. The molecule has 0 saturated carbocycles. The third kappa shape index (κ3) is 27.7. The fourth-order valence-electron chi connectivity index (χ4n) is 12.5. The number of guanidine groups is 1. The van der Waals surface area contributed by atoms with E-state index in [1.807, 2.05) is 5.32 Å². The molecule has 5 aromatic rings. The Balaban J connectivity index is 0.812. The average molecular weight is 1720 g/mol. The first-order chi connectivity index (χ1) is 57.7. The van der Waals surface area contributed by atoms with Crippen LogP contribution in [0.4, 0.5) is 27.8 Å². The van der Waals surface area contributed by atoms with Crippen LogP contribution in [0.1, 0.15) is 121 Å². The molecule has 43 nitrogen and oxygen atoms in total. The molecule has 648 valence electrons. The number of likely N-dealkylation sites (tertiary alicyclic amines) is 1. The van der Waals surface area contributed by atoms with Crippen molar-refractivity contribution in [3.63, 3.8) is 0 Å². The SMILES string of the molecule is C=C1C[C@H]2C=Nc3cc(OCCCCCOc4cc(NC(=O)OCCSSC[C@H](NC(=O)[C@H](CC(=O)O)NC(=O)[C@H](CC(=O)O)NC(=O)[C@H](CCCNC(=N)N)NC(=O)[C@H](CC(=O)O)NC(=O)CC[C@@H](C)NC(=O)c5ccc(NCc6cnc7nc(N)[nH]c(=O)c7n6)cc5)C(=O)O)c(C(=O)N5CC(=C)C[C@H]5C=N)cc4OC)c(OC)cc3C(=O)N2C1. The third-order valence-electron chi connectivity index (χ3n) is 18.6. The summed E-state index contributed by atoms with van der Waals surface area (Å²) in [5.74, 6) is -14.3. The molecule has 2 aromatic heterocycles. The number of aromatic nitrogens is 4. The molecule has 0 radical (unpaired) electrons. The zero-order chi connectivity index (χ0) is 88.1. The van der Waals surface area contributed by atoms with E-state index < -0.39 is 157 Å². The van der Waals surface area contributed by atoms with Crippen molar-refractivity contribution in [3.05, 3.63) is 112 Å². The zero-order valence-corrected chi connectivity index (χ0v) is 67.6. The van der Waals surface area contributed by atoms with E-state index >= 15 is 0 Å². The average Bonchev–Trinajstić information content (AvgIpc) is 1.46. The van der Waals surface area contributed by atoms with Crippen molar-refractivity contribution in [2.75, 3.05) is 81.5 Å². The topological polar surface area (TPSA) is 647 Å². The Hall–Kier alpha value is -13.6. The van der Waals surface area contributed by atoms with Crippen molar-refractivity contribution < 1.29 is 106 Å². The molecule has 3 aromatic carbocycles. The molecule has 8 rings (SSSR count). The molecule has 3 aliphatic heterocycles. The first-order valence-corrected chi connectivity index (χ1v) is 40.2. The minimum atomic E-state index is -2.17. The van der Waals surface area contributed by atoms with Crippen molar-refractivity contribution in [1.29, 1.82) is 10.8 Å². The number of rotatable bonds is 47. The summed E-state index contributed by atoms with van der Waals surface area (Å²) in [5.41, 5.74) is 14.0. The van der Waals surface area contributed by atoms with Crippen LogP contribution in [0, 0.1) is 10.8 Å². The number of hydrogen-bond donors (Lipinski definition) is 18. The van der Waals surface area contributed by atoms with Crippen molar-refractivity contribution in [2.24, 2.45) is 10.7 Å². The van der Waals surface area contributed by atoms with E-state index in [0.29, 0.717) is 78.4 Å². The second kappa shape index (κ2) is 44.8. The number of fused-ring (bicyclic) bond motifs is 3. The molecule has 0 bridgehead atoms. The van der Waals surface area contributed by atoms with E-state index in [2.05, 4.69) is 80.6 Å². The van der Waals surface area contributed by atoms with Gasteiger partial charge in [-0.15, -0.1) is 0 Å². The highest BCUT2D eigenvalue weighted by molar-refractivity contribution is 8.76. The minimum Gasteiger partial charge on any atom is -0.493 e. The van der Waals surface area contributed by atoms with Gasteiger partial charge in [-0.1, -0.05) is 45.9 Å². The molecular weight excluding hydrogens is 1630 g/mol. The van der Waals surface area contributed by atoms with Gasteiger partial charge in [0.15, 0.2) is 40.1 Å². The number of aliphatic imine (C=N–C) groups is 1. The summed E-state index contributed by atoms with van der Waals surface area (Å²) in [6.07, 6.45) is 1.46. The highest BCUT2D eigenvalue weighted by atomic mass is 33.1. The number of methoxy groups -OCH3 is 2. The zero-order valence-electron chi connectivity index (χ0n) is 65.9. The lowest BCUT2D eigenvalue weighted by atomic mass is 10.1. The van der Waals surface area contributed by atoms with Crippen LogP contribution >= 0.6 is 21.6 Å². The summed E-state index contributed by atoms with van der Waals surface area (Å²) in [5, 5.41) is 76.9. The van der Waals surface area contributed by atoms with Crippen LogP contribution in [-0.4, -0.2) is 259 Å². The molecule has 45 heteroatoms. The number of carboxylic acids is 4.